The maximum absolute atomic E-state index is 5.84. The molecule has 2 saturated heterocycles. The van der Waals surface area contributed by atoms with Crippen molar-refractivity contribution in [3.63, 3.8) is 0 Å². The molecule has 2 aliphatic heterocycles. The molecule has 29 heavy (non-hydrogen) atoms. The summed E-state index contributed by atoms with van der Waals surface area (Å²) in [5, 5.41) is 7.01. The van der Waals surface area contributed by atoms with Crippen LogP contribution in [0.2, 0.25) is 0 Å². The lowest BCUT2D eigenvalue weighted by atomic mass is 10.0. The molecule has 6 nitrogen and oxygen atoms in total. The van der Waals surface area contributed by atoms with Crippen molar-refractivity contribution in [1.29, 1.82) is 0 Å². The smallest absolute Gasteiger partial charge is 0.191 e. The molecule has 0 saturated carbocycles. The summed E-state index contributed by atoms with van der Waals surface area (Å²) >= 11 is 0. The van der Waals surface area contributed by atoms with Crippen LogP contribution in [0.1, 0.15) is 57.6 Å². The minimum absolute atomic E-state index is 0. The number of hydrogen-bond donors (Lipinski definition) is 2. The highest BCUT2D eigenvalue weighted by Crippen LogP contribution is 2.17. The van der Waals surface area contributed by atoms with Crippen molar-refractivity contribution in [2.75, 3.05) is 39.3 Å². The number of likely N-dealkylation sites (tertiary alicyclic amines) is 1. The zero-order chi connectivity index (χ0) is 19.4. The van der Waals surface area contributed by atoms with Crippen LogP contribution >= 0.6 is 24.0 Å². The molecule has 2 unspecified atom stereocenters. The van der Waals surface area contributed by atoms with Crippen molar-refractivity contribution in [1.82, 2.24) is 15.5 Å². The Hall–Kier alpha value is -0.800. The van der Waals surface area contributed by atoms with Gasteiger partial charge in [0.15, 0.2) is 5.96 Å². The Morgan fingerprint density at radius 1 is 1.21 bits per heavy atom. The van der Waals surface area contributed by atoms with Crippen molar-refractivity contribution >= 4 is 29.9 Å². The summed E-state index contributed by atoms with van der Waals surface area (Å²) in [4.78, 5) is 7.44. The van der Waals surface area contributed by atoms with Gasteiger partial charge in [0.1, 0.15) is 5.76 Å². The fourth-order valence-electron chi connectivity index (χ4n) is 4.22. The minimum Gasteiger partial charge on any atom is -0.469 e. The molecule has 2 fully saturated rings. The summed E-state index contributed by atoms with van der Waals surface area (Å²) in [5.74, 6) is 1.94. The highest BCUT2D eigenvalue weighted by atomic mass is 127. The van der Waals surface area contributed by atoms with Gasteiger partial charge in [-0.3, -0.25) is 9.89 Å². The van der Waals surface area contributed by atoms with Gasteiger partial charge in [-0.25, -0.2) is 0 Å². The monoisotopic (exact) mass is 518 g/mol. The zero-order valence-electron chi connectivity index (χ0n) is 17.9. The summed E-state index contributed by atoms with van der Waals surface area (Å²) < 4.78 is 11.3. The molecule has 0 spiro atoms. The zero-order valence-corrected chi connectivity index (χ0v) is 20.2. The normalized spacial score (nSPS) is 23.0. The molecule has 1 aromatic heterocycles. The number of rotatable bonds is 10. The molecule has 0 amide bonds. The Kier molecular flexibility index (Phi) is 12.0. The summed E-state index contributed by atoms with van der Waals surface area (Å²) in [5.41, 5.74) is 0. The van der Waals surface area contributed by atoms with Gasteiger partial charge in [0.05, 0.1) is 18.9 Å². The van der Waals surface area contributed by atoms with E-state index >= 15 is 0 Å². The highest BCUT2D eigenvalue weighted by Gasteiger charge is 2.22. The van der Waals surface area contributed by atoms with E-state index < -0.39 is 0 Å². The maximum Gasteiger partial charge on any atom is 0.191 e. The molecule has 2 aliphatic rings. The van der Waals surface area contributed by atoms with Crippen LogP contribution < -0.4 is 10.6 Å². The van der Waals surface area contributed by atoms with Crippen LogP contribution in [0.25, 0.3) is 0 Å². The third kappa shape index (κ3) is 8.84. The van der Waals surface area contributed by atoms with Gasteiger partial charge in [0.2, 0.25) is 0 Å². The Bertz CT molecular complexity index is 561. The molecule has 0 bridgehead atoms. The van der Waals surface area contributed by atoms with Gasteiger partial charge < -0.3 is 19.8 Å². The molecule has 166 valence electrons. The highest BCUT2D eigenvalue weighted by molar-refractivity contribution is 14.0. The Labute approximate surface area is 193 Å². The Morgan fingerprint density at radius 2 is 2.10 bits per heavy atom. The molecule has 1 aromatic rings. The van der Waals surface area contributed by atoms with Gasteiger partial charge in [-0.05, 0) is 70.2 Å². The maximum atomic E-state index is 5.84. The topological polar surface area (TPSA) is 62.0 Å². The SMILES string of the molecule is CCN1CCCC1CN=C(NCCCC1CCCCO1)NCCc1ccco1.I. The molecular weight excluding hydrogens is 479 g/mol. The predicted molar refractivity (Wildman–Crippen MR) is 129 cm³/mol. The quantitative estimate of drug-likeness (QED) is 0.214. The van der Waals surface area contributed by atoms with E-state index in [2.05, 4.69) is 22.5 Å². The van der Waals surface area contributed by atoms with Crippen LogP contribution in [-0.2, 0) is 11.2 Å². The van der Waals surface area contributed by atoms with Crippen LogP contribution in [0.4, 0.5) is 0 Å². The fraction of sp³-hybridized carbons (Fsp3) is 0.773. The number of ether oxygens (including phenoxy) is 1. The van der Waals surface area contributed by atoms with Gasteiger partial charge in [-0.2, -0.15) is 0 Å². The second kappa shape index (κ2) is 14.2. The largest absolute Gasteiger partial charge is 0.469 e. The van der Waals surface area contributed by atoms with Crippen molar-refractivity contribution in [3.8, 4) is 0 Å². The second-order valence-electron chi connectivity index (χ2n) is 7.93. The summed E-state index contributed by atoms with van der Waals surface area (Å²) in [6, 6.07) is 4.55. The second-order valence-corrected chi connectivity index (χ2v) is 7.93. The van der Waals surface area contributed by atoms with Crippen LogP contribution in [0, 0.1) is 0 Å². The van der Waals surface area contributed by atoms with Crippen molar-refractivity contribution in [2.45, 2.75) is 70.4 Å². The van der Waals surface area contributed by atoms with Gasteiger partial charge >= 0.3 is 0 Å². The van der Waals surface area contributed by atoms with Crippen LogP contribution in [0.3, 0.4) is 0 Å². The molecule has 2 N–H and O–H groups in total. The van der Waals surface area contributed by atoms with Crippen molar-refractivity contribution < 1.29 is 9.15 Å². The first-order chi connectivity index (χ1) is 13.8. The third-order valence-electron chi connectivity index (χ3n) is 5.88. The van der Waals surface area contributed by atoms with E-state index in [-0.39, 0.29) is 24.0 Å². The lowest BCUT2D eigenvalue weighted by molar-refractivity contribution is 0.0104. The number of aliphatic imine (C=N–C) groups is 1. The summed E-state index contributed by atoms with van der Waals surface area (Å²) in [7, 11) is 0. The molecule has 2 atom stereocenters. The number of guanidine groups is 1. The number of halogens is 1. The Morgan fingerprint density at radius 3 is 2.86 bits per heavy atom. The lowest BCUT2D eigenvalue weighted by Gasteiger charge is -2.23. The van der Waals surface area contributed by atoms with Crippen molar-refractivity contribution in [3.05, 3.63) is 24.2 Å². The number of hydrogen-bond acceptors (Lipinski definition) is 4. The first-order valence-corrected chi connectivity index (χ1v) is 11.3. The standard InChI is InChI=1S/C22H38N4O2.HI/c1-2-26-15-6-8-19(26)18-25-22(24-14-12-21-11-7-17-28-21)23-13-5-10-20-9-3-4-16-27-20;/h7,11,17,19-20H,2-6,8-10,12-16,18H2,1H3,(H2,23,24,25);1H. The molecule has 3 heterocycles. The predicted octanol–water partition coefficient (Wildman–Crippen LogP) is 3.81. The molecule has 0 aromatic carbocycles. The number of furan rings is 1. The fourth-order valence-corrected chi connectivity index (χ4v) is 4.22. The van der Waals surface area contributed by atoms with Gasteiger partial charge in [-0.15, -0.1) is 24.0 Å². The van der Waals surface area contributed by atoms with Gasteiger partial charge in [0, 0.05) is 32.2 Å². The Balaban J connectivity index is 0.00000300. The average molecular weight is 518 g/mol. The molecular formula is C22H39IN4O2. The van der Waals surface area contributed by atoms with Gasteiger partial charge in [-0.1, -0.05) is 6.92 Å². The molecule has 7 heteroatoms. The van der Waals surface area contributed by atoms with Crippen molar-refractivity contribution in [2.24, 2.45) is 4.99 Å². The van der Waals surface area contributed by atoms with E-state index in [0.29, 0.717) is 12.1 Å². The lowest BCUT2D eigenvalue weighted by Crippen LogP contribution is -2.40. The number of nitrogens with one attached hydrogen (secondary N) is 2. The minimum atomic E-state index is 0. The van der Waals surface area contributed by atoms with E-state index in [0.717, 1.165) is 63.8 Å². The van der Waals surface area contributed by atoms with Gasteiger partial charge in [0.25, 0.3) is 0 Å². The molecule has 0 aliphatic carbocycles. The summed E-state index contributed by atoms with van der Waals surface area (Å²) in [6.07, 6.45) is 11.6. The van der Waals surface area contributed by atoms with E-state index in [9.17, 15) is 0 Å². The summed E-state index contributed by atoms with van der Waals surface area (Å²) in [6.45, 7) is 8.16. The molecule has 0 radical (unpaired) electrons. The first kappa shape index (κ1) is 24.5. The van der Waals surface area contributed by atoms with Crippen LogP contribution in [0.5, 0.6) is 0 Å². The van der Waals surface area contributed by atoms with Crippen LogP contribution in [-0.4, -0.2) is 62.3 Å². The first-order valence-electron chi connectivity index (χ1n) is 11.3. The third-order valence-corrected chi connectivity index (χ3v) is 5.88. The molecule has 3 rings (SSSR count). The van der Waals surface area contributed by atoms with E-state index in [4.69, 9.17) is 14.1 Å². The average Bonchev–Trinajstić information content (AvgIpc) is 3.41. The van der Waals surface area contributed by atoms with E-state index in [1.165, 1.54) is 38.6 Å². The van der Waals surface area contributed by atoms with E-state index in [1.807, 2.05) is 12.1 Å². The number of likely N-dealkylation sites (N-methyl/N-ethyl adjacent to an activating group) is 1. The number of nitrogens with zero attached hydrogens (tertiary/aromatic N) is 2. The van der Waals surface area contributed by atoms with Crippen LogP contribution in [0.15, 0.2) is 27.8 Å². The van der Waals surface area contributed by atoms with E-state index in [1.54, 1.807) is 6.26 Å².